The second-order valence-corrected chi connectivity index (χ2v) is 6.82. The van der Waals surface area contributed by atoms with Gasteiger partial charge in [-0.2, -0.15) is 0 Å². The number of benzene rings is 2. The predicted octanol–water partition coefficient (Wildman–Crippen LogP) is 3.79. The van der Waals surface area contributed by atoms with E-state index in [1.165, 1.54) is 6.07 Å². The van der Waals surface area contributed by atoms with Crippen LogP contribution >= 0.6 is 11.6 Å². The standard InChI is InChI=1S/C20H17ClFN3O/c21-16-10-13(6-7-17(16)22)11-25-9-8-15-18(12-25)23-19(24-20(15)26)14-4-2-1-3-5-14/h1-7,10H,8-9,11-12H2,(H,23,24,26). The van der Waals surface area contributed by atoms with Crippen molar-refractivity contribution in [3.8, 4) is 11.4 Å². The van der Waals surface area contributed by atoms with Gasteiger partial charge in [-0.25, -0.2) is 9.37 Å². The zero-order valence-corrected chi connectivity index (χ0v) is 14.8. The molecule has 0 bridgehead atoms. The number of nitrogens with zero attached hydrogens (tertiary/aromatic N) is 2. The molecular formula is C20H17ClFN3O. The van der Waals surface area contributed by atoms with Crippen molar-refractivity contribution < 1.29 is 4.39 Å². The van der Waals surface area contributed by atoms with E-state index in [0.717, 1.165) is 28.9 Å². The second-order valence-electron chi connectivity index (χ2n) is 6.41. The number of aromatic amines is 1. The summed E-state index contributed by atoms with van der Waals surface area (Å²) in [6.45, 7) is 1.96. The lowest BCUT2D eigenvalue weighted by Crippen LogP contribution is -2.35. The van der Waals surface area contributed by atoms with Gasteiger partial charge in [-0.15, -0.1) is 0 Å². The number of hydrogen-bond donors (Lipinski definition) is 1. The highest BCUT2D eigenvalue weighted by Gasteiger charge is 2.21. The summed E-state index contributed by atoms with van der Waals surface area (Å²) in [5, 5.41) is 0.126. The molecule has 0 saturated heterocycles. The fourth-order valence-corrected chi connectivity index (χ4v) is 3.46. The van der Waals surface area contributed by atoms with Crippen LogP contribution in [0.25, 0.3) is 11.4 Å². The Bertz CT molecular complexity index is 1000. The fraction of sp³-hybridized carbons (Fsp3) is 0.200. The average molecular weight is 370 g/mol. The van der Waals surface area contributed by atoms with Gasteiger partial charge in [-0.1, -0.05) is 48.0 Å². The molecule has 6 heteroatoms. The third-order valence-electron chi connectivity index (χ3n) is 4.59. The number of H-pyrrole nitrogens is 1. The van der Waals surface area contributed by atoms with Gasteiger partial charge >= 0.3 is 0 Å². The Balaban J connectivity index is 1.60. The van der Waals surface area contributed by atoms with E-state index in [9.17, 15) is 9.18 Å². The van der Waals surface area contributed by atoms with E-state index in [1.807, 2.05) is 30.3 Å². The maximum absolute atomic E-state index is 13.3. The van der Waals surface area contributed by atoms with Crippen molar-refractivity contribution in [1.82, 2.24) is 14.9 Å². The summed E-state index contributed by atoms with van der Waals surface area (Å²) < 4.78 is 13.3. The molecule has 2 aromatic carbocycles. The Morgan fingerprint density at radius 1 is 1.19 bits per heavy atom. The van der Waals surface area contributed by atoms with E-state index in [1.54, 1.807) is 12.1 Å². The van der Waals surface area contributed by atoms with Crippen molar-refractivity contribution in [3.63, 3.8) is 0 Å². The highest BCUT2D eigenvalue weighted by Crippen LogP contribution is 2.22. The zero-order chi connectivity index (χ0) is 18.1. The topological polar surface area (TPSA) is 49.0 Å². The van der Waals surface area contributed by atoms with Crippen molar-refractivity contribution in [1.29, 1.82) is 0 Å². The SMILES string of the molecule is O=c1[nH]c(-c2ccccc2)nc2c1CCN(Cc1ccc(F)c(Cl)c1)C2. The van der Waals surface area contributed by atoms with E-state index >= 15 is 0 Å². The van der Waals surface area contributed by atoms with Gasteiger partial charge in [0, 0.05) is 30.8 Å². The van der Waals surface area contributed by atoms with Crippen molar-refractivity contribution in [2.24, 2.45) is 0 Å². The van der Waals surface area contributed by atoms with Crippen LogP contribution in [0.1, 0.15) is 16.8 Å². The van der Waals surface area contributed by atoms with Gasteiger partial charge in [0.25, 0.3) is 5.56 Å². The van der Waals surface area contributed by atoms with E-state index in [4.69, 9.17) is 11.6 Å². The van der Waals surface area contributed by atoms with Crippen molar-refractivity contribution in [3.05, 3.63) is 86.5 Å². The molecule has 0 saturated carbocycles. The summed E-state index contributed by atoms with van der Waals surface area (Å²) in [4.78, 5) is 22.2. The zero-order valence-electron chi connectivity index (χ0n) is 14.0. The molecule has 26 heavy (non-hydrogen) atoms. The summed E-state index contributed by atoms with van der Waals surface area (Å²) in [6, 6.07) is 14.4. The highest BCUT2D eigenvalue weighted by atomic mass is 35.5. The molecule has 132 valence electrons. The molecule has 2 heterocycles. The van der Waals surface area contributed by atoms with Crippen molar-refractivity contribution >= 4 is 11.6 Å². The summed E-state index contributed by atoms with van der Waals surface area (Å²) in [6.07, 6.45) is 0.641. The molecule has 1 aliphatic rings. The van der Waals surface area contributed by atoms with Gasteiger partial charge in [0.2, 0.25) is 0 Å². The summed E-state index contributed by atoms with van der Waals surface area (Å²) in [5.41, 5.74) is 3.30. The summed E-state index contributed by atoms with van der Waals surface area (Å²) >= 11 is 5.87. The maximum Gasteiger partial charge on any atom is 0.254 e. The van der Waals surface area contributed by atoms with Crippen LogP contribution in [-0.2, 0) is 19.5 Å². The number of aromatic nitrogens is 2. The first-order valence-electron chi connectivity index (χ1n) is 8.44. The third kappa shape index (κ3) is 3.41. The van der Waals surface area contributed by atoms with Crippen LogP contribution < -0.4 is 5.56 Å². The average Bonchev–Trinajstić information content (AvgIpc) is 2.65. The molecule has 0 radical (unpaired) electrons. The van der Waals surface area contributed by atoms with Crippen LogP contribution in [0.2, 0.25) is 5.02 Å². The van der Waals surface area contributed by atoms with Gasteiger partial charge in [0.1, 0.15) is 11.6 Å². The number of fused-ring (bicyclic) bond motifs is 1. The molecule has 0 unspecified atom stereocenters. The molecule has 1 aromatic heterocycles. The lowest BCUT2D eigenvalue weighted by molar-refractivity contribution is 0.240. The van der Waals surface area contributed by atoms with E-state index in [-0.39, 0.29) is 10.6 Å². The van der Waals surface area contributed by atoms with Gasteiger partial charge in [-0.05, 0) is 24.1 Å². The van der Waals surface area contributed by atoms with Gasteiger partial charge < -0.3 is 4.98 Å². The highest BCUT2D eigenvalue weighted by molar-refractivity contribution is 6.30. The van der Waals surface area contributed by atoms with Crippen molar-refractivity contribution in [2.45, 2.75) is 19.5 Å². The second kappa shape index (κ2) is 7.02. The first kappa shape index (κ1) is 16.9. The number of hydrogen-bond acceptors (Lipinski definition) is 3. The van der Waals surface area contributed by atoms with Crippen LogP contribution in [0.4, 0.5) is 4.39 Å². The Morgan fingerprint density at radius 3 is 2.77 bits per heavy atom. The van der Waals surface area contributed by atoms with Crippen LogP contribution in [0, 0.1) is 5.82 Å². The molecule has 0 fully saturated rings. The quantitative estimate of drug-likeness (QED) is 0.764. The van der Waals surface area contributed by atoms with Crippen LogP contribution in [-0.4, -0.2) is 21.4 Å². The van der Waals surface area contributed by atoms with Crippen LogP contribution in [0.3, 0.4) is 0 Å². The smallest absolute Gasteiger partial charge is 0.254 e. The number of halogens is 2. The fourth-order valence-electron chi connectivity index (χ4n) is 3.26. The lowest BCUT2D eigenvalue weighted by atomic mass is 10.0. The first-order chi connectivity index (χ1) is 12.6. The molecular weight excluding hydrogens is 353 g/mol. The molecule has 4 nitrogen and oxygen atoms in total. The largest absolute Gasteiger partial charge is 0.306 e. The molecule has 1 N–H and O–H groups in total. The van der Waals surface area contributed by atoms with Gasteiger partial charge in [-0.3, -0.25) is 9.69 Å². The van der Waals surface area contributed by atoms with E-state index in [0.29, 0.717) is 25.3 Å². The molecule has 0 atom stereocenters. The number of rotatable bonds is 3. The minimum Gasteiger partial charge on any atom is -0.306 e. The summed E-state index contributed by atoms with van der Waals surface area (Å²) in [5.74, 6) is 0.168. The Hall–Kier alpha value is -2.50. The minimum absolute atomic E-state index is 0.0710. The Labute approximate surface area is 155 Å². The third-order valence-corrected chi connectivity index (χ3v) is 4.88. The van der Waals surface area contributed by atoms with Crippen LogP contribution in [0.5, 0.6) is 0 Å². The molecule has 0 spiro atoms. The normalized spacial score (nSPS) is 14.2. The Kier molecular flexibility index (Phi) is 4.57. The molecule has 0 amide bonds. The summed E-state index contributed by atoms with van der Waals surface area (Å²) in [7, 11) is 0. The van der Waals surface area contributed by atoms with Crippen molar-refractivity contribution in [2.75, 3.05) is 6.54 Å². The lowest BCUT2D eigenvalue weighted by Gasteiger charge is -2.27. The number of nitrogens with one attached hydrogen (secondary N) is 1. The van der Waals surface area contributed by atoms with Crippen LogP contribution in [0.15, 0.2) is 53.3 Å². The van der Waals surface area contributed by atoms with Gasteiger partial charge in [0.15, 0.2) is 0 Å². The van der Waals surface area contributed by atoms with Gasteiger partial charge in [0.05, 0.1) is 10.7 Å². The van der Waals surface area contributed by atoms with E-state index < -0.39 is 5.82 Å². The monoisotopic (exact) mass is 369 g/mol. The Morgan fingerprint density at radius 2 is 2.00 bits per heavy atom. The molecule has 0 aliphatic carbocycles. The maximum atomic E-state index is 13.3. The minimum atomic E-state index is -0.417. The first-order valence-corrected chi connectivity index (χ1v) is 8.82. The van der Waals surface area contributed by atoms with E-state index in [2.05, 4.69) is 14.9 Å². The molecule has 1 aliphatic heterocycles. The predicted molar refractivity (Wildman–Crippen MR) is 99.5 cm³/mol. The molecule has 3 aromatic rings. The molecule has 4 rings (SSSR count).